The molecule has 1 aliphatic rings. The summed E-state index contributed by atoms with van der Waals surface area (Å²) in [6.45, 7) is 2.53. The largest absolute Gasteiger partial charge is 0.408 e. The number of amides is 2. The Balaban J connectivity index is 2.31. The second kappa shape index (κ2) is 7.09. The molecule has 2 amide bonds. The van der Waals surface area contributed by atoms with Crippen LogP contribution in [0.25, 0.3) is 0 Å². The number of alkyl halides is 3. The molecule has 2 atom stereocenters. The van der Waals surface area contributed by atoms with Gasteiger partial charge >= 0.3 is 6.18 Å². The topological polar surface area (TPSA) is 86.1 Å². The van der Waals surface area contributed by atoms with Crippen LogP contribution in [0.1, 0.15) is 41.5 Å². The second-order valence-electron chi connectivity index (χ2n) is 5.93. The van der Waals surface area contributed by atoms with Gasteiger partial charge < -0.3 is 10.2 Å². The number of piperidine rings is 1. The Kier molecular flexibility index (Phi) is 5.30. The van der Waals surface area contributed by atoms with Gasteiger partial charge in [-0.05, 0) is 31.9 Å². The van der Waals surface area contributed by atoms with E-state index in [1.54, 1.807) is 0 Å². The highest BCUT2D eigenvalue weighted by atomic mass is 19.4. The molecule has 2 rings (SSSR count). The van der Waals surface area contributed by atoms with Crippen molar-refractivity contribution in [3.8, 4) is 6.07 Å². The van der Waals surface area contributed by atoms with Crippen LogP contribution in [0.2, 0.25) is 0 Å². The molecule has 0 saturated carbocycles. The highest BCUT2D eigenvalue weighted by Crippen LogP contribution is 2.32. The van der Waals surface area contributed by atoms with Gasteiger partial charge in [0.2, 0.25) is 5.91 Å². The zero-order valence-electron chi connectivity index (χ0n) is 13.7. The van der Waals surface area contributed by atoms with Crippen molar-refractivity contribution < 1.29 is 22.8 Å². The molecular formula is C16H17F3N4O2. The van der Waals surface area contributed by atoms with Crippen molar-refractivity contribution in [2.24, 2.45) is 0 Å². The van der Waals surface area contributed by atoms with Gasteiger partial charge in [-0.2, -0.15) is 18.4 Å². The maximum Gasteiger partial charge on any atom is 0.408 e. The van der Waals surface area contributed by atoms with Gasteiger partial charge in [-0.3, -0.25) is 9.59 Å². The summed E-state index contributed by atoms with van der Waals surface area (Å²) in [4.78, 5) is 28.4. The normalized spacial score (nSPS) is 20.7. The van der Waals surface area contributed by atoms with E-state index in [9.17, 15) is 22.8 Å². The van der Waals surface area contributed by atoms with Crippen molar-refractivity contribution in [1.82, 2.24) is 15.2 Å². The van der Waals surface area contributed by atoms with Crippen molar-refractivity contribution >= 4 is 11.8 Å². The molecule has 25 heavy (non-hydrogen) atoms. The lowest BCUT2D eigenvalue weighted by Gasteiger charge is -2.40. The smallest absolute Gasteiger partial charge is 0.352 e. The third-order valence-electron chi connectivity index (χ3n) is 4.05. The number of pyridine rings is 1. The van der Waals surface area contributed by atoms with Crippen LogP contribution in [0.4, 0.5) is 13.2 Å². The highest BCUT2D eigenvalue weighted by molar-refractivity contribution is 5.93. The maximum absolute atomic E-state index is 13.3. The number of rotatable bonds is 2. The van der Waals surface area contributed by atoms with Crippen LogP contribution in [0.5, 0.6) is 0 Å². The first-order chi connectivity index (χ1) is 11.6. The summed E-state index contributed by atoms with van der Waals surface area (Å²) in [5.74, 6) is -1.24. The predicted molar refractivity (Wildman–Crippen MR) is 81.4 cm³/mol. The van der Waals surface area contributed by atoms with Crippen molar-refractivity contribution in [1.29, 1.82) is 5.26 Å². The van der Waals surface area contributed by atoms with Gasteiger partial charge in [0.15, 0.2) is 0 Å². The monoisotopic (exact) mass is 354 g/mol. The third-order valence-corrected chi connectivity index (χ3v) is 4.05. The average Bonchev–Trinajstić information content (AvgIpc) is 2.52. The lowest BCUT2D eigenvalue weighted by atomic mass is 9.97. The molecule has 0 aliphatic carbocycles. The molecule has 0 bridgehead atoms. The van der Waals surface area contributed by atoms with E-state index in [1.807, 2.05) is 6.07 Å². The molecule has 1 N–H and O–H groups in total. The summed E-state index contributed by atoms with van der Waals surface area (Å²) in [6.07, 6.45) is -4.73. The zero-order valence-corrected chi connectivity index (χ0v) is 13.7. The summed E-state index contributed by atoms with van der Waals surface area (Å²) in [7, 11) is 0. The Labute approximate surface area is 142 Å². The van der Waals surface area contributed by atoms with Crippen LogP contribution in [0.3, 0.4) is 0 Å². The fraction of sp³-hybridized carbons (Fsp3) is 0.500. The molecule has 0 spiro atoms. The first-order valence-corrected chi connectivity index (χ1v) is 7.66. The molecule has 0 unspecified atom stereocenters. The summed E-state index contributed by atoms with van der Waals surface area (Å²) < 4.78 is 39.9. The minimum atomic E-state index is -4.57. The SMILES string of the molecule is CC(=O)N[C@H]1CC[C@H](C(F)(F)F)N(C(=O)c2ccc(C#N)c(C)n2)C1. The summed E-state index contributed by atoms with van der Waals surface area (Å²) in [6, 6.07) is 2.01. The van der Waals surface area contributed by atoms with Crippen molar-refractivity contribution in [2.75, 3.05) is 6.54 Å². The fourth-order valence-corrected chi connectivity index (χ4v) is 2.89. The number of halogens is 3. The lowest BCUT2D eigenvalue weighted by molar-refractivity contribution is -0.184. The standard InChI is InChI=1S/C16H17F3N4O2/c1-9-11(7-20)3-5-13(21-9)15(25)23-8-12(22-10(2)24)4-6-14(23)16(17,18)19/h3,5,12,14H,4,6,8H2,1-2H3,(H,22,24)/t12-,14+/m0/s1. The van der Waals surface area contributed by atoms with Crippen LogP contribution >= 0.6 is 0 Å². The lowest BCUT2D eigenvalue weighted by Crippen LogP contribution is -2.58. The highest BCUT2D eigenvalue weighted by Gasteiger charge is 2.48. The van der Waals surface area contributed by atoms with E-state index in [2.05, 4.69) is 10.3 Å². The number of nitrogens with zero attached hydrogens (tertiary/aromatic N) is 3. The van der Waals surface area contributed by atoms with Crippen molar-refractivity contribution in [3.63, 3.8) is 0 Å². The Morgan fingerprint density at radius 2 is 2.04 bits per heavy atom. The molecule has 1 aromatic rings. The summed E-state index contributed by atoms with van der Waals surface area (Å²) in [5, 5.41) is 11.4. The maximum atomic E-state index is 13.3. The number of nitrogens with one attached hydrogen (secondary N) is 1. The number of hydrogen-bond donors (Lipinski definition) is 1. The Morgan fingerprint density at radius 3 is 2.56 bits per heavy atom. The van der Waals surface area contributed by atoms with E-state index >= 15 is 0 Å². The molecule has 0 aromatic carbocycles. The molecule has 134 valence electrons. The van der Waals surface area contributed by atoms with E-state index in [0.717, 1.165) is 0 Å². The van der Waals surface area contributed by atoms with Gasteiger partial charge in [0.25, 0.3) is 5.91 Å². The number of nitriles is 1. The van der Waals surface area contributed by atoms with Gasteiger partial charge in [0.05, 0.1) is 11.3 Å². The van der Waals surface area contributed by atoms with E-state index in [0.29, 0.717) is 4.90 Å². The minimum absolute atomic E-state index is 0.132. The molecule has 0 radical (unpaired) electrons. The van der Waals surface area contributed by atoms with Crippen molar-refractivity contribution in [3.05, 3.63) is 29.1 Å². The number of carbonyl (C=O) groups is 2. The molecule has 9 heteroatoms. The molecule has 1 aliphatic heterocycles. The Bertz CT molecular complexity index is 727. The second-order valence-corrected chi connectivity index (χ2v) is 5.93. The summed E-state index contributed by atoms with van der Waals surface area (Å²) in [5.41, 5.74) is 0.361. The van der Waals surface area contributed by atoms with Crippen LogP contribution in [-0.4, -0.2) is 46.5 Å². The van der Waals surface area contributed by atoms with Crippen LogP contribution in [0.15, 0.2) is 12.1 Å². The zero-order chi connectivity index (χ0) is 18.8. The predicted octanol–water partition coefficient (Wildman–Crippen LogP) is 1.93. The first-order valence-electron chi connectivity index (χ1n) is 7.66. The molecule has 2 heterocycles. The van der Waals surface area contributed by atoms with Gasteiger partial charge in [0, 0.05) is 19.5 Å². The van der Waals surface area contributed by atoms with E-state index in [4.69, 9.17) is 5.26 Å². The van der Waals surface area contributed by atoms with E-state index in [1.165, 1.54) is 26.0 Å². The number of aromatic nitrogens is 1. The quantitative estimate of drug-likeness (QED) is 0.879. The van der Waals surface area contributed by atoms with Gasteiger partial charge in [-0.15, -0.1) is 0 Å². The average molecular weight is 354 g/mol. The fourth-order valence-electron chi connectivity index (χ4n) is 2.89. The number of carbonyl (C=O) groups excluding carboxylic acids is 2. The van der Waals surface area contributed by atoms with Gasteiger partial charge in [-0.1, -0.05) is 0 Å². The van der Waals surface area contributed by atoms with Gasteiger partial charge in [0.1, 0.15) is 17.8 Å². The Morgan fingerprint density at radius 1 is 1.36 bits per heavy atom. The third kappa shape index (κ3) is 4.26. The molecular weight excluding hydrogens is 337 g/mol. The number of likely N-dealkylation sites (tertiary alicyclic amines) is 1. The van der Waals surface area contributed by atoms with Crippen LogP contribution in [-0.2, 0) is 4.79 Å². The van der Waals surface area contributed by atoms with E-state index < -0.39 is 24.2 Å². The minimum Gasteiger partial charge on any atom is -0.352 e. The van der Waals surface area contributed by atoms with Crippen molar-refractivity contribution in [2.45, 2.75) is 44.9 Å². The summed E-state index contributed by atoms with van der Waals surface area (Å²) >= 11 is 0. The number of aryl methyl sites for hydroxylation is 1. The molecule has 6 nitrogen and oxygen atoms in total. The molecule has 1 aromatic heterocycles. The van der Waals surface area contributed by atoms with E-state index in [-0.39, 0.29) is 42.2 Å². The van der Waals surface area contributed by atoms with Crippen LogP contribution in [0, 0.1) is 18.3 Å². The molecule has 1 saturated heterocycles. The number of hydrogen-bond acceptors (Lipinski definition) is 4. The molecule has 1 fully saturated rings. The Hall–Kier alpha value is -2.63. The van der Waals surface area contributed by atoms with Gasteiger partial charge in [-0.25, -0.2) is 4.98 Å². The first kappa shape index (κ1) is 18.7. The van der Waals surface area contributed by atoms with Crippen LogP contribution < -0.4 is 5.32 Å².